The number of ether oxygens (including phenoxy) is 1. The Labute approximate surface area is 143 Å². The summed E-state index contributed by atoms with van der Waals surface area (Å²) in [5, 5.41) is 5.30. The Balaban J connectivity index is 1.41. The average Bonchev–Trinajstić information content (AvgIpc) is 2.98. The van der Waals surface area contributed by atoms with Gasteiger partial charge < -0.3 is 4.74 Å². The molecule has 0 aliphatic rings. The molecule has 0 aliphatic heterocycles. The van der Waals surface area contributed by atoms with Gasteiger partial charge in [-0.15, -0.1) is 0 Å². The first-order chi connectivity index (χ1) is 11.7. The van der Waals surface area contributed by atoms with Crippen LogP contribution in [0.3, 0.4) is 0 Å². The Morgan fingerprint density at radius 3 is 2.71 bits per heavy atom. The van der Waals surface area contributed by atoms with E-state index >= 15 is 0 Å². The summed E-state index contributed by atoms with van der Waals surface area (Å²) in [6.45, 7) is 2.77. The molecule has 126 valence electrons. The van der Waals surface area contributed by atoms with E-state index in [4.69, 9.17) is 4.74 Å². The number of hydrogen-bond donors (Lipinski definition) is 0. The van der Waals surface area contributed by atoms with Crippen LogP contribution in [0.25, 0.3) is 10.9 Å². The zero-order chi connectivity index (χ0) is 16.8. The van der Waals surface area contributed by atoms with Crippen LogP contribution in [-0.4, -0.2) is 21.4 Å². The third-order valence-electron chi connectivity index (χ3n) is 4.31. The van der Waals surface area contributed by atoms with Crippen molar-refractivity contribution in [3.8, 4) is 5.75 Å². The molecule has 0 amide bonds. The second kappa shape index (κ2) is 7.95. The molecule has 0 unspecified atom stereocenters. The summed E-state index contributed by atoms with van der Waals surface area (Å²) >= 11 is 0. The van der Waals surface area contributed by atoms with E-state index in [1.165, 1.54) is 25.0 Å². The van der Waals surface area contributed by atoms with Crippen LogP contribution in [0.2, 0.25) is 0 Å². The van der Waals surface area contributed by atoms with Crippen molar-refractivity contribution in [2.24, 2.45) is 7.05 Å². The highest BCUT2D eigenvalue weighted by Crippen LogP contribution is 2.25. The van der Waals surface area contributed by atoms with E-state index in [-0.39, 0.29) is 0 Å². The van der Waals surface area contributed by atoms with Gasteiger partial charge in [-0.05, 0) is 44.4 Å². The third kappa shape index (κ3) is 4.13. The van der Waals surface area contributed by atoms with E-state index in [2.05, 4.69) is 22.2 Å². The summed E-state index contributed by atoms with van der Waals surface area (Å²) in [5.41, 5.74) is 3.31. The quantitative estimate of drug-likeness (QED) is 0.575. The third-order valence-corrected chi connectivity index (χ3v) is 4.31. The highest BCUT2D eigenvalue weighted by Gasteiger charge is 2.04. The predicted molar refractivity (Wildman–Crippen MR) is 97.4 cm³/mol. The summed E-state index contributed by atoms with van der Waals surface area (Å²) in [4.78, 5) is 4.55. The van der Waals surface area contributed by atoms with Crippen molar-refractivity contribution < 1.29 is 4.74 Å². The molecule has 2 aromatic heterocycles. The lowest BCUT2D eigenvalue weighted by molar-refractivity contribution is 0.307. The van der Waals surface area contributed by atoms with E-state index < -0.39 is 0 Å². The van der Waals surface area contributed by atoms with Gasteiger partial charge in [-0.25, -0.2) is 0 Å². The zero-order valence-corrected chi connectivity index (χ0v) is 14.5. The number of fused-ring (bicyclic) bond motifs is 1. The summed E-state index contributed by atoms with van der Waals surface area (Å²) in [6, 6.07) is 12.3. The minimum Gasteiger partial charge on any atom is -0.493 e. The van der Waals surface area contributed by atoms with Gasteiger partial charge in [0.2, 0.25) is 0 Å². The molecule has 1 aromatic carbocycles. The molecule has 0 radical (unpaired) electrons. The molecular weight excluding hydrogens is 298 g/mol. The lowest BCUT2D eigenvalue weighted by atomic mass is 10.1. The van der Waals surface area contributed by atoms with Crippen molar-refractivity contribution >= 4 is 10.9 Å². The van der Waals surface area contributed by atoms with Crippen LogP contribution in [-0.2, 0) is 13.5 Å². The number of aromatic nitrogens is 3. The lowest BCUT2D eigenvalue weighted by Crippen LogP contribution is -2.00. The molecule has 4 nitrogen and oxygen atoms in total. The van der Waals surface area contributed by atoms with Gasteiger partial charge in [0.15, 0.2) is 0 Å². The molecule has 0 bridgehead atoms. The zero-order valence-electron chi connectivity index (χ0n) is 14.5. The molecule has 0 spiro atoms. The van der Waals surface area contributed by atoms with Gasteiger partial charge in [0.05, 0.1) is 12.1 Å². The first-order valence-corrected chi connectivity index (χ1v) is 8.70. The largest absolute Gasteiger partial charge is 0.493 e. The Hall–Kier alpha value is -2.36. The second-order valence-electron chi connectivity index (χ2n) is 6.24. The molecule has 0 saturated carbocycles. The number of aryl methyl sites for hydroxylation is 3. The highest BCUT2D eigenvalue weighted by molar-refractivity contribution is 5.85. The predicted octanol–water partition coefficient (Wildman–Crippen LogP) is 4.46. The van der Waals surface area contributed by atoms with Crippen LogP contribution < -0.4 is 4.74 Å². The number of para-hydroxylation sites is 1. The Morgan fingerprint density at radius 2 is 1.88 bits per heavy atom. The van der Waals surface area contributed by atoms with Gasteiger partial charge >= 0.3 is 0 Å². The molecule has 0 atom stereocenters. The maximum Gasteiger partial charge on any atom is 0.130 e. The number of hydrogen-bond acceptors (Lipinski definition) is 3. The van der Waals surface area contributed by atoms with Gasteiger partial charge in [0.1, 0.15) is 5.75 Å². The fourth-order valence-electron chi connectivity index (χ4n) is 2.98. The first-order valence-electron chi connectivity index (χ1n) is 8.70. The average molecular weight is 323 g/mol. The van der Waals surface area contributed by atoms with Gasteiger partial charge in [-0.3, -0.25) is 9.67 Å². The molecule has 3 rings (SSSR count). The minimum absolute atomic E-state index is 0.763. The van der Waals surface area contributed by atoms with Crippen LogP contribution in [0.1, 0.15) is 37.1 Å². The minimum atomic E-state index is 0.763. The Bertz CT molecular complexity index is 794. The molecule has 4 heteroatoms. The van der Waals surface area contributed by atoms with Crippen molar-refractivity contribution in [2.45, 2.75) is 39.0 Å². The van der Waals surface area contributed by atoms with Crippen molar-refractivity contribution in [2.75, 3.05) is 6.61 Å². The van der Waals surface area contributed by atoms with Crippen LogP contribution in [0, 0.1) is 6.92 Å². The van der Waals surface area contributed by atoms with Crippen LogP contribution in [0.4, 0.5) is 0 Å². The standard InChI is InChI=1S/C20H25N3O/c1-16-15-20(18-10-6-7-11-19(18)22-16)24-14-8-4-3-5-9-17-12-13-21-23(17)2/h6-7,10-13,15H,3-5,8-9,14H2,1-2H3. The number of benzene rings is 1. The van der Waals surface area contributed by atoms with Crippen molar-refractivity contribution in [3.05, 3.63) is 54.0 Å². The van der Waals surface area contributed by atoms with Crippen LogP contribution in [0.15, 0.2) is 42.6 Å². The summed E-state index contributed by atoms with van der Waals surface area (Å²) in [5.74, 6) is 0.952. The monoisotopic (exact) mass is 323 g/mol. The fraction of sp³-hybridized carbons (Fsp3) is 0.400. The molecule has 0 N–H and O–H groups in total. The highest BCUT2D eigenvalue weighted by atomic mass is 16.5. The topological polar surface area (TPSA) is 39.9 Å². The van der Waals surface area contributed by atoms with Gasteiger partial charge in [0, 0.05) is 36.1 Å². The number of rotatable bonds is 8. The van der Waals surface area contributed by atoms with E-state index in [0.717, 1.165) is 41.8 Å². The van der Waals surface area contributed by atoms with E-state index in [1.807, 2.05) is 49.1 Å². The normalized spacial score (nSPS) is 11.1. The number of unbranched alkanes of at least 4 members (excludes halogenated alkanes) is 3. The number of nitrogens with zero attached hydrogens (tertiary/aromatic N) is 3. The fourth-order valence-corrected chi connectivity index (χ4v) is 2.98. The second-order valence-corrected chi connectivity index (χ2v) is 6.24. The molecule has 24 heavy (non-hydrogen) atoms. The Morgan fingerprint density at radius 1 is 1.04 bits per heavy atom. The lowest BCUT2D eigenvalue weighted by Gasteiger charge is -2.10. The van der Waals surface area contributed by atoms with Gasteiger partial charge in [-0.2, -0.15) is 5.10 Å². The van der Waals surface area contributed by atoms with Gasteiger partial charge in [0.25, 0.3) is 0 Å². The Kier molecular flexibility index (Phi) is 5.47. The summed E-state index contributed by atoms with van der Waals surface area (Å²) in [6.07, 6.45) is 7.68. The molecule has 0 fully saturated rings. The van der Waals surface area contributed by atoms with Crippen LogP contribution in [0.5, 0.6) is 5.75 Å². The maximum absolute atomic E-state index is 6.02. The van der Waals surface area contributed by atoms with Crippen molar-refractivity contribution in [3.63, 3.8) is 0 Å². The van der Waals surface area contributed by atoms with E-state index in [1.54, 1.807) is 0 Å². The summed E-state index contributed by atoms with van der Waals surface area (Å²) in [7, 11) is 2.00. The molecule has 2 heterocycles. The number of pyridine rings is 1. The van der Waals surface area contributed by atoms with Crippen molar-refractivity contribution in [1.29, 1.82) is 0 Å². The summed E-state index contributed by atoms with van der Waals surface area (Å²) < 4.78 is 7.98. The SMILES string of the molecule is Cc1cc(OCCCCCCc2ccnn2C)c2ccccc2n1. The maximum atomic E-state index is 6.02. The van der Waals surface area contributed by atoms with E-state index in [0.29, 0.717) is 0 Å². The van der Waals surface area contributed by atoms with E-state index in [9.17, 15) is 0 Å². The van der Waals surface area contributed by atoms with Crippen LogP contribution >= 0.6 is 0 Å². The molecule has 0 aliphatic carbocycles. The van der Waals surface area contributed by atoms with Gasteiger partial charge in [-0.1, -0.05) is 25.0 Å². The molecule has 3 aromatic rings. The first kappa shape index (κ1) is 16.5. The van der Waals surface area contributed by atoms with Crippen molar-refractivity contribution in [1.82, 2.24) is 14.8 Å². The smallest absolute Gasteiger partial charge is 0.130 e. The molecular formula is C20H25N3O. The molecule has 0 saturated heterocycles.